The van der Waals surface area contributed by atoms with Crippen LogP contribution >= 0.6 is 11.6 Å². The summed E-state index contributed by atoms with van der Waals surface area (Å²) >= 11 is 6.06. The first-order valence-electron chi connectivity index (χ1n) is 6.07. The van der Waals surface area contributed by atoms with Gasteiger partial charge in [0.2, 0.25) is 0 Å². The summed E-state index contributed by atoms with van der Waals surface area (Å²) in [6, 6.07) is 11.4. The van der Waals surface area contributed by atoms with Gasteiger partial charge >= 0.3 is 0 Å². The predicted molar refractivity (Wildman–Crippen MR) is 78.3 cm³/mol. The molecule has 0 aliphatic rings. The molecule has 0 bridgehead atoms. The van der Waals surface area contributed by atoms with Gasteiger partial charge in [0.1, 0.15) is 12.4 Å². The molecule has 0 spiro atoms. The van der Waals surface area contributed by atoms with Gasteiger partial charge in [0, 0.05) is 22.7 Å². The van der Waals surface area contributed by atoms with Crippen LogP contribution in [-0.4, -0.2) is 4.92 Å². The Morgan fingerprint density at radius 2 is 2.10 bits per heavy atom. The summed E-state index contributed by atoms with van der Waals surface area (Å²) in [7, 11) is 0. The van der Waals surface area contributed by atoms with Gasteiger partial charge in [-0.2, -0.15) is 5.26 Å². The van der Waals surface area contributed by atoms with Crippen molar-refractivity contribution in [3.05, 3.63) is 68.2 Å². The number of hydrogen-bond donors (Lipinski definition) is 0. The zero-order valence-corrected chi connectivity index (χ0v) is 11.9. The predicted octanol–water partition coefficient (Wildman–Crippen LogP) is 4.01. The van der Waals surface area contributed by atoms with Crippen molar-refractivity contribution in [2.75, 3.05) is 0 Å². The average molecular weight is 303 g/mol. The summed E-state index contributed by atoms with van der Waals surface area (Å²) in [4.78, 5) is 10.2. The molecule has 0 atom stereocenters. The highest BCUT2D eigenvalue weighted by Crippen LogP contribution is 2.25. The number of ether oxygens (including phenoxy) is 1. The van der Waals surface area contributed by atoms with E-state index in [9.17, 15) is 10.1 Å². The standard InChI is InChI=1S/C15H11ClN2O3/c1-10-6-13(18(19)20)4-5-15(10)21-9-12-3-2-11(8-17)7-14(12)16/h2-7H,9H2,1H3. The van der Waals surface area contributed by atoms with Gasteiger partial charge in [-0.1, -0.05) is 17.7 Å². The molecule has 2 rings (SSSR count). The van der Waals surface area contributed by atoms with Crippen molar-refractivity contribution in [3.8, 4) is 11.8 Å². The first-order chi connectivity index (χ1) is 10.0. The molecule has 0 heterocycles. The van der Waals surface area contributed by atoms with Crippen molar-refractivity contribution in [1.29, 1.82) is 5.26 Å². The average Bonchev–Trinajstić information content (AvgIpc) is 2.46. The third kappa shape index (κ3) is 3.50. The van der Waals surface area contributed by atoms with E-state index in [0.29, 0.717) is 21.9 Å². The molecule has 2 aromatic rings. The second kappa shape index (κ2) is 6.25. The fourth-order valence-electron chi connectivity index (χ4n) is 1.80. The molecule has 21 heavy (non-hydrogen) atoms. The largest absolute Gasteiger partial charge is 0.489 e. The third-order valence-electron chi connectivity index (χ3n) is 2.93. The topological polar surface area (TPSA) is 76.2 Å². The number of halogens is 1. The molecule has 2 aromatic carbocycles. The molecular weight excluding hydrogens is 292 g/mol. The van der Waals surface area contributed by atoms with Gasteiger partial charge in [0.25, 0.3) is 5.69 Å². The van der Waals surface area contributed by atoms with E-state index in [-0.39, 0.29) is 12.3 Å². The minimum atomic E-state index is -0.450. The van der Waals surface area contributed by atoms with Crippen molar-refractivity contribution in [2.24, 2.45) is 0 Å². The zero-order chi connectivity index (χ0) is 15.4. The monoisotopic (exact) mass is 302 g/mol. The second-order valence-corrected chi connectivity index (χ2v) is 4.82. The number of aryl methyl sites for hydroxylation is 1. The van der Waals surface area contributed by atoms with Gasteiger partial charge in [-0.15, -0.1) is 0 Å². The number of nitro benzene ring substituents is 1. The van der Waals surface area contributed by atoms with Crippen molar-refractivity contribution in [2.45, 2.75) is 13.5 Å². The van der Waals surface area contributed by atoms with Crippen molar-refractivity contribution in [1.82, 2.24) is 0 Å². The Kier molecular flexibility index (Phi) is 4.41. The van der Waals surface area contributed by atoms with Crippen LogP contribution in [0.2, 0.25) is 5.02 Å². The van der Waals surface area contributed by atoms with E-state index in [1.165, 1.54) is 12.1 Å². The normalized spacial score (nSPS) is 9.95. The van der Waals surface area contributed by atoms with E-state index >= 15 is 0 Å². The zero-order valence-electron chi connectivity index (χ0n) is 11.2. The molecule has 0 amide bonds. The Morgan fingerprint density at radius 1 is 1.33 bits per heavy atom. The van der Waals surface area contributed by atoms with Gasteiger partial charge in [-0.25, -0.2) is 0 Å². The summed E-state index contributed by atoms with van der Waals surface area (Å²) < 4.78 is 5.62. The molecule has 0 saturated heterocycles. The number of hydrogen-bond acceptors (Lipinski definition) is 4. The molecule has 0 aliphatic carbocycles. The Morgan fingerprint density at radius 3 is 2.67 bits per heavy atom. The molecule has 6 heteroatoms. The van der Waals surface area contributed by atoms with Crippen LogP contribution in [0.1, 0.15) is 16.7 Å². The lowest BCUT2D eigenvalue weighted by molar-refractivity contribution is -0.384. The maximum atomic E-state index is 10.7. The summed E-state index contributed by atoms with van der Waals surface area (Å²) in [6.07, 6.45) is 0. The summed E-state index contributed by atoms with van der Waals surface area (Å²) in [5, 5.41) is 19.9. The van der Waals surface area contributed by atoms with Gasteiger partial charge in [-0.3, -0.25) is 10.1 Å². The Hall–Kier alpha value is -2.58. The van der Waals surface area contributed by atoms with E-state index in [1.54, 1.807) is 31.2 Å². The first-order valence-corrected chi connectivity index (χ1v) is 6.45. The van der Waals surface area contributed by atoms with Crippen LogP contribution in [0, 0.1) is 28.4 Å². The Balaban J connectivity index is 2.13. The number of rotatable bonds is 4. The molecule has 0 fully saturated rings. The molecule has 106 valence electrons. The van der Waals surface area contributed by atoms with Gasteiger partial charge in [-0.05, 0) is 30.7 Å². The minimum absolute atomic E-state index is 0.0243. The van der Waals surface area contributed by atoms with Crippen molar-refractivity contribution < 1.29 is 9.66 Å². The van der Waals surface area contributed by atoms with Crippen LogP contribution in [0.3, 0.4) is 0 Å². The lowest BCUT2D eigenvalue weighted by Gasteiger charge is -2.10. The van der Waals surface area contributed by atoms with Gasteiger partial charge < -0.3 is 4.74 Å². The van der Waals surface area contributed by atoms with Crippen LogP contribution in [0.15, 0.2) is 36.4 Å². The van der Waals surface area contributed by atoms with E-state index in [1.807, 2.05) is 6.07 Å². The smallest absolute Gasteiger partial charge is 0.269 e. The molecule has 5 nitrogen and oxygen atoms in total. The third-order valence-corrected chi connectivity index (χ3v) is 3.29. The number of non-ortho nitro benzene ring substituents is 1. The van der Waals surface area contributed by atoms with Crippen LogP contribution in [-0.2, 0) is 6.61 Å². The number of benzene rings is 2. The quantitative estimate of drug-likeness (QED) is 0.631. The minimum Gasteiger partial charge on any atom is -0.489 e. The van der Waals surface area contributed by atoms with E-state index in [2.05, 4.69) is 0 Å². The fourth-order valence-corrected chi connectivity index (χ4v) is 2.03. The van der Waals surface area contributed by atoms with Gasteiger partial charge in [0.05, 0.1) is 16.6 Å². The van der Waals surface area contributed by atoms with E-state index in [4.69, 9.17) is 21.6 Å². The van der Waals surface area contributed by atoms with Crippen LogP contribution < -0.4 is 4.74 Å². The van der Waals surface area contributed by atoms with Crippen molar-refractivity contribution in [3.63, 3.8) is 0 Å². The first kappa shape index (κ1) is 14.8. The molecule has 0 N–H and O–H groups in total. The highest BCUT2D eigenvalue weighted by Gasteiger charge is 2.09. The van der Waals surface area contributed by atoms with Crippen LogP contribution in [0.4, 0.5) is 5.69 Å². The lowest BCUT2D eigenvalue weighted by Crippen LogP contribution is -1.99. The lowest BCUT2D eigenvalue weighted by atomic mass is 10.1. The van der Waals surface area contributed by atoms with Crippen LogP contribution in [0.25, 0.3) is 0 Å². The number of nitriles is 1. The number of nitro groups is 1. The summed E-state index contributed by atoms with van der Waals surface area (Å²) in [5.74, 6) is 0.557. The summed E-state index contributed by atoms with van der Waals surface area (Å²) in [5.41, 5.74) is 1.92. The Labute approximate surface area is 126 Å². The fraction of sp³-hybridized carbons (Fsp3) is 0.133. The SMILES string of the molecule is Cc1cc([N+](=O)[O-])ccc1OCc1ccc(C#N)cc1Cl. The highest BCUT2D eigenvalue weighted by atomic mass is 35.5. The molecule has 0 unspecified atom stereocenters. The molecule has 0 radical (unpaired) electrons. The summed E-state index contributed by atoms with van der Waals surface area (Å²) in [6.45, 7) is 1.96. The van der Waals surface area contributed by atoms with E-state index < -0.39 is 4.92 Å². The molecule has 0 aromatic heterocycles. The Bertz CT molecular complexity index is 738. The number of nitrogens with zero attached hydrogens (tertiary/aromatic N) is 2. The molecule has 0 aliphatic heterocycles. The van der Waals surface area contributed by atoms with E-state index in [0.717, 1.165) is 5.56 Å². The maximum Gasteiger partial charge on any atom is 0.269 e. The maximum absolute atomic E-state index is 10.7. The highest BCUT2D eigenvalue weighted by molar-refractivity contribution is 6.31. The van der Waals surface area contributed by atoms with Crippen LogP contribution in [0.5, 0.6) is 5.75 Å². The second-order valence-electron chi connectivity index (χ2n) is 4.41. The van der Waals surface area contributed by atoms with Crippen molar-refractivity contribution >= 4 is 17.3 Å². The molecular formula is C15H11ClN2O3. The van der Waals surface area contributed by atoms with Gasteiger partial charge in [0.15, 0.2) is 0 Å². The molecule has 0 saturated carbocycles.